The van der Waals surface area contributed by atoms with Crippen LogP contribution in [0, 0.1) is 9.49 Å². The Morgan fingerprint density at radius 1 is 1.50 bits per heavy atom. The van der Waals surface area contributed by atoms with Crippen molar-refractivity contribution < 1.29 is 14.6 Å². The molecule has 0 spiro atoms. The minimum atomic E-state index is -1.01. The molecular weight excluding hydrogens is 343 g/mol. The predicted octanol–water partition coefficient (Wildman–Crippen LogP) is 3.08. The molecule has 0 fully saturated rings. The van der Waals surface area contributed by atoms with E-state index < -0.39 is 12.1 Å². The van der Waals surface area contributed by atoms with Crippen LogP contribution in [0.4, 0.5) is 0 Å². The first-order valence-electron chi connectivity index (χ1n) is 5.71. The molecule has 0 aliphatic carbocycles. The van der Waals surface area contributed by atoms with E-state index in [2.05, 4.69) is 29.2 Å². The van der Waals surface area contributed by atoms with E-state index in [-0.39, 0.29) is 11.5 Å². The Morgan fingerprint density at radius 2 is 2.17 bits per heavy atom. The molecule has 3 nitrogen and oxygen atoms in total. The first-order valence-corrected chi connectivity index (χ1v) is 6.79. The van der Waals surface area contributed by atoms with Crippen LogP contribution in [-0.2, 0) is 9.53 Å². The van der Waals surface area contributed by atoms with Gasteiger partial charge in [0, 0.05) is 3.57 Å². The smallest absolute Gasteiger partial charge is 0.336 e. The number of halogens is 1. The van der Waals surface area contributed by atoms with Crippen molar-refractivity contribution in [2.24, 2.45) is 5.92 Å². The molecule has 1 N–H and O–H groups in total. The first-order chi connectivity index (χ1) is 8.41. The van der Waals surface area contributed by atoms with Gasteiger partial charge in [0.2, 0.25) is 0 Å². The molecule has 0 aliphatic rings. The van der Waals surface area contributed by atoms with E-state index in [0.717, 1.165) is 3.57 Å². The number of rotatable bonds is 5. The summed E-state index contributed by atoms with van der Waals surface area (Å²) in [4.78, 5) is 11.7. The van der Waals surface area contributed by atoms with Gasteiger partial charge in [-0.15, -0.1) is 0 Å². The summed E-state index contributed by atoms with van der Waals surface area (Å²) in [5, 5.41) is 10.0. The Balaban J connectivity index is 2.69. The largest absolute Gasteiger partial charge is 0.462 e. The van der Waals surface area contributed by atoms with E-state index in [1.807, 2.05) is 32.0 Å². The van der Waals surface area contributed by atoms with Gasteiger partial charge in [-0.25, -0.2) is 4.79 Å². The minimum Gasteiger partial charge on any atom is -0.462 e. The van der Waals surface area contributed by atoms with Crippen molar-refractivity contribution in [1.82, 2.24) is 0 Å². The van der Waals surface area contributed by atoms with E-state index in [4.69, 9.17) is 4.74 Å². The van der Waals surface area contributed by atoms with E-state index in [0.29, 0.717) is 12.2 Å². The molecule has 18 heavy (non-hydrogen) atoms. The minimum absolute atomic E-state index is 0.0673. The highest BCUT2D eigenvalue weighted by atomic mass is 127. The number of aliphatic hydroxyl groups excluding tert-OH is 1. The zero-order valence-electron chi connectivity index (χ0n) is 10.5. The van der Waals surface area contributed by atoms with Crippen LogP contribution < -0.4 is 0 Å². The maximum atomic E-state index is 11.7. The average molecular weight is 360 g/mol. The van der Waals surface area contributed by atoms with Crippen LogP contribution in [0.5, 0.6) is 0 Å². The third-order valence-electron chi connectivity index (χ3n) is 2.30. The zero-order valence-corrected chi connectivity index (χ0v) is 12.7. The first kappa shape index (κ1) is 15.2. The Labute approximate surface area is 121 Å². The summed E-state index contributed by atoms with van der Waals surface area (Å²) in [6.07, 6.45) is -1.01. The lowest BCUT2D eigenvalue weighted by Crippen LogP contribution is -2.16. The highest BCUT2D eigenvalue weighted by Gasteiger charge is 2.20. The third kappa shape index (κ3) is 4.42. The van der Waals surface area contributed by atoms with Crippen LogP contribution in [0.1, 0.15) is 25.5 Å². The number of hydrogen-bond donors (Lipinski definition) is 1. The SMILES string of the molecule is C=C(C(=O)OCC(C)C)C(O)c1cccc(I)c1. The topological polar surface area (TPSA) is 46.5 Å². The van der Waals surface area contributed by atoms with Gasteiger partial charge in [0.05, 0.1) is 12.2 Å². The van der Waals surface area contributed by atoms with E-state index >= 15 is 0 Å². The van der Waals surface area contributed by atoms with Crippen molar-refractivity contribution >= 4 is 28.6 Å². The number of ether oxygens (including phenoxy) is 1. The van der Waals surface area contributed by atoms with E-state index in [9.17, 15) is 9.90 Å². The monoisotopic (exact) mass is 360 g/mol. The lowest BCUT2D eigenvalue weighted by atomic mass is 10.0. The van der Waals surface area contributed by atoms with Gasteiger partial charge in [0.15, 0.2) is 0 Å². The van der Waals surface area contributed by atoms with Crippen molar-refractivity contribution in [2.45, 2.75) is 20.0 Å². The Hall–Kier alpha value is -0.880. The Morgan fingerprint density at radius 3 is 2.72 bits per heavy atom. The average Bonchev–Trinajstić information content (AvgIpc) is 2.34. The summed E-state index contributed by atoms with van der Waals surface area (Å²) < 4.78 is 6.03. The molecule has 1 unspecified atom stereocenters. The molecule has 0 aliphatic heterocycles. The highest BCUT2D eigenvalue weighted by Crippen LogP contribution is 2.22. The fourth-order valence-corrected chi connectivity index (χ4v) is 1.89. The van der Waals surface area contributed by atoms with E-state index in [1.54, 1.807) is 6.07 Å². The fourth-order valence-electron chi connectivity index (χ4n) is 1.32. The number of aliphatic hydroxyl groups is 1. The van der Waals surface area contributed by atoms with Crippen LogP contribution in [0.2, 0.25) is 0 Å². The van der Waals surface area contributed by atoms with Gasteiger partial charge < -0.3 is 9.84 Å². The molecule has 0 bridgehead atoms. The second-order valence-corrected chi connectivity index (χ2v) is 5.72. The van der Waals surface area contributed by atoms with Gasteiger partial charge in [0.25, 0.3) is 0 Å². The van der Waals surface area contributed by atoms with Crippen molar-refractivity contribution in [3.63, 3.8) is 0 Å². The van der Waals surface area contributed by atoms with Crippen LogP contribution in [-0.4, -0.2) is 17.7 Å². The summed E-state index contributed by atoms with van der Waals surface area (Å²) in [7, 11) is 0. The number of hydrogen-bond acceptors (Lipinski definition) is 3. The van der Waals surface area contributed by atoms with Crippen molar-refractivity contribution in [2.75, 3.05) is 6.61 Å². The summed E-state index contributed by atoms with van der Waals surface area (Å²) >= 11 is 2.15. The second kappa shape index (κ2) is 6.89. The predicted molar refractivity (Wildman–Crippen MR) is 79.1 cm³/mol. The number of esters is 1. The van der Waals surface area contributed by atoms with Gasteiger partial charge in [-0.1, -0.05) is 32.6 Å². The molecule has 4 heteroatoms. The van der Waals surface area contributed by atoms with Crippen LogP contribution in [0.3, 0.4) is 0 Å². The maximum Gasteiger partial charge on any atom is 0.336 e. The molecule has 1 aromatic carbocycles. The molecule has 0 heterocycles. The Bertz CT molecular complexity index is 440. The van der Waals surface area contributed by atoms with Crippen LogP contribution in [0.25, 0.3) is 0 Å². The molecular formula is C14H17IO3. The quantitative estimate of drug-likeness (QED) is 0.499. The van der Waals surface area contributed by atoms with Crippen molar-refractivity contribution in [3.05, 3.63) is 45.6 Å². The highest BCUT2D eigenvalue weighted by molar-refractivity contribution is 14.1. The summed E-state index contributed by atoms with van der Waals surface area (Å²) in [6, 6.07) is 7.31. The van der Waals surface area contributed by atoms with Crippen molar-refractivity contribution in [3.8, 4) is 0 Å². The zero-order chi connectivity index (χ0) is 13.7. The van der Waals surface area contributed by atoms with Crippen LogP contribution >= 0.6 is 22.6 Å². The summed E-state index contributed by atoms with van der Waals surface area (Å²) in [5.41, 5.74) is 0.714. The molecule has 0 radical (unpaired) electrons. The molecule has 0 saturated carbocycles. The molecule has 0 saturated heterocycles. The summed E-state index contributed by atoms with van der Waals surface area (Å²) in [6.45, 7) is 7.84. The number of carbonyl (C=O) groups excluding carboxylic acids is 1. The molecule has 98 valence electrons. The molecule has 0 amide bonds. The standard InChI is InChI=1S/C14H17IO3/c1-9(2)8-18-14(17)10(3)13(16)11-5-4-6-12(15)7-11/h4-7,9,13,16H,3,8H2,1-2H3. The van der Waals surface area contributed by atoms with Gasteiger partial charge in [-0.3, -0.25) is 0 Å². The molecule has 1 atom stereocenters. The lowest BCUT2D eigenvalue weighted by Gasteiger charge is -2.14. The van der Waals surface area contributed by atoms with Crippen LogP contribution in [0.15, 0.2) is 36.4 Å². The summed E-state index contributed by atoms with van der Waals surface area (Å²) in [5.74, 6) is -0.286. The normalized spacial score (nSPS) is 12.3. The van der Waals surface area contributed by atoms with E-state index in [1.165, 1.54) is 0 Å². The second-order valence-electron chi connectivity index (χ2n) is 4.48. The molecule has 1 rings (SSSR count). The number of benzene rings is 1. The third-order valence-corrected chi connectivity index (χ3v) is 2.98. The van der Waals surface area contributed by atoms with Gasteiger partial charge in [-0.05, 0) is 46.2 Å². The fraction of sp³-hybridized carbons (Fsp3) is 0.357. The van der Waals surface area contributed by atoms with Gasteiger partial charge in [0.1, 0.15) is 6.10 Å². The lowest BCUT2D eigenvalue weighted by molar-refractivity contribution is -0.141. The Kier molecular flexibility index (Phi) is 5.81. The number of carbonyl (C=O) groups is 1. The van der Waals surface area contributed by atoms with Gasteiger partial charge >= 0.3 is 5.97 Å². The van der Waals surface area contributed by atoms with Crippen molar-refractivity contribution in [1.29, 1.82) is 0 Å². The molecule has 1 aromatic rings. The van der Waals surface area contributed by atoms with Gasteiger partial charge in [-0.2, -0.15) is 0 Å². The maximum absolute atomic E-state index is 11.7. The molecule has 0 aromatic heterocycles.